The fraction of sp³-hybridized carbons (Fsp3) is 0.478. The largest absolute Gasteiger partial charge is 0.365 e. The number of piperidine rings is 1. The standard InChI is InChI=1S/C23H28FN5O/c24-21-6-5-11-26-23(21)29-13-8-20(9-14-29)30-19-4-3-12-27-15-17-28(18-16-27)22-7-1-2-10-25-22/h1-2,5-7,10-11,20H,8-9,12-19H2. The highest BCUT2D eigenvalue weighted by Gasteiger charge is 2.22. The smallest absolute Gasteiger partial charge is 0.165 e. The maximum atomic E-state index is 13.9. The van der Waals surface area contributed by atoms with Gasteiger partial charge in [-0.2, -0.15) is 0 Å². The lowest BCUT2D eigenvalue weighted by molar-refractivity contribution is 0.0592. The maximum absolute atomic E-state index is 13.9. The van der Waals surface area contributed by atoms with Crippen LogP contribution in [0.25, 0.3) is 0 Å². The summed E-state index contributed by atoms with van der Waals surface area (Å²) in [5, 5.41) is 0. The molecular formula is C23H28FN5O. The van der Waals surface area contributed by atoms with E-state index in [1.807, 2.05) is 23.2 Å². The second kappa shape index (κ2) is 10.4. The fourth-order valence-electron chi connectivity index (χ4n) is 3.90. The summed E-state index contributed by atoms with van der Waals surface area (Å²) in [6.07, 6.45) is 5.40. The topological polar surface area (TPSA) is 44.7 Å². The first kappa shape index (κ1) is 20.6. The lowest BCUT2D eigenvalue weighted by atomic mass is 10.1. The van der Waals surface area contributed by atoms with Crippen molar-refractivity contribution in [3.8, 4) is 11.8 Å². The van der Waals surface area contributed by atoms with E-state index in [9.17, 15) is 4.39 Å². The van der Waals surface area contributed by atoms with Crippen LogP contribution in [-0.2, 0) is 4.74 Å². The number of anilines is 2. The van der Waals surface area contributed by atoms with Gasteiger partial charge in [0.15, 0.2) is 11.6 Å². The van der Waals surface area contributed by atoms with E-state index in [0.717, 1.165) is 64.5 Å². The van der Waals surface area contributed by atoms with Crippen molar-refractivity contribution in [2.75, 3.05) is 62.2 Å². The highest BCUT2D eigenvalue weighted by atomic mass is 19.1. The highest BCUT2D eigenvalue weighted by Crippen LogP contribution is 2.21. The number of halogens is 1. The van der Waals surface area contributed by atoms with Crippen molar-refractivity contribution in [3.05, 3.63) is 48.5 Å². The molecule has 2 aromatic rings. The molecule has 0 saturated carbocycles. The second-order valence-electron chi connectivity index (χ2n) is 7.61. The number of ether oxygens (including phenoxy) is 1. The van der Waals surface area contributed by atoms with Gasteiger partial charge in [-0.3, -0.25) is 4.90 Å². The molecule has 0 aromatic carbocycles. The molecule has 0 bridgehead atoms. The third-order valence-corrected chi connectivity index (χ3v) is 5.65. The Bertz CT molecular complexity index is 853. The Hall–Kier alpha value is -2.69. The molecule has 0 atom stereocenters. The fourth-order valence-corrected chi connectivity index (χ4v) is 3.90. The molecule has 4 rings (SSSR count). The Morgan fingerprint density at radius 3 is 2.43 bits per heavy atom. The second-order valence-corrected chi connectivity index (χ2v) is 7.61. The van der Waals surface area contributed by atoms with Crippen molar-refractivity contribution in [1.82, 2.24) is 14.9 Å². The van der Waals surface area contributed by atoms with Gasteiger partial charge < -0.3 is 14.5 Å². The van der Waals surface area contributed by atoms with Gasteiger partial charge in [-0.05, 0) is 37.1 Å². The minimum atomic E-state index is -0.261. The third-order valence-electron chi connectivity index (χ3n) is 5.65. The number of piperazine rings is 1. The van der Waals surface area contributed by atoms with Gasteiger partial charge in [-0.25, -0.2) is 14.4 Å². The molecule has 158 valence electrons. The molecule has 6 nitrogen and oxygen atoms in total. The Labute approximate surface area is 177 Å². The SMILES string of the molecule is Fc1cccnc1N1CCC(OCC#CCN2CCN(c3ccccn3)CC2)CC1. The maximum Gasteiger partial charge on any atom is 0.165 e. The van der Waals surface area contributed by atoms with E-state index in [0.29, 0.717) is 12.4 Å². The number of nitrogens with zero attached hydrogens (tertiary/aromatic N) is 5. The molecule has 0 aliphatic carbocycles. The monoisotopic (exact) mass is 409 g/mol. The van der Waals surface area contributed by atoms with Gasteiger partial charge in [0, 0.05) is 51.7 Å². The van der Waals surface area contributed by atoms with Gasteiger partial charge in [0.25, 0.3) is 0 Å². The van der Waals surface area contributed by atoms with Gasteiger partial charge in [0.2, 0.25) is 0 Å². The van der Waals surface area contributed by atoms with Gasteiger partial charge in [-0.1, -0.05) is 17.9 Å². The van der Waals surface area contributed by atoms with E-state index >= 15 is 0 Å². The Morgan fingerprint density at radius 2 is 1.70 bits per heavy atom. The van der Waals surface area contributed by atoms with Crippen molar-refractivity contribution in [2.24, 2.45) is 0 Å². The summed E-state index contributed by atoms with van der Waals surface area (Å²) in [6, 6.07) is 9.11. The van der Waals surface area contributed by atoms with E-state index in [4.69, 9.17) is 4.74 Å². The van der Waals surface area contributed by atoms with E-state index in [1.165, 1.54) is 6.07 Å². The van der Waals surface area contributed by atoms with Crippen molar-refractivity contribution >= 4 is 11.6 Å². The van der Waals surface area contributed by atoms with Crippen LogP contribution < -0.4 is 9.80 Å². The van der Waals surface area contributed by atoms with Crippen LogP contribution in [0.2, 0.25) is 0 Å². The quantitative estimate of drug-likeness (QED) is 0.707. The molecule has 2 saturated heterocycles. The first-order valence-electron chi connectivity index (χ1n) is 10.6. The number of hydrogen-bond acceptors (Lipinski definition) is 6. The van der Waals surface area contributed by atoms with E-state index in [2.05, 4.69) is 37.7 Å². The van der Waals surface area contributed by atoms with Crippen molar-refractivity contribution in [2.45, 2.75) is 18.9 Å². The molecule has 0 radical (unpaired) electrons. The summed E-state index contributed by atoms with van der Waals surface area (Å²) in [6.45, 7) is 6.69. The summed E-state index contributed by atoms with van der Waals surface area (Å²) in [4.78, 5) is 15.3. The van der Waals surface area contributed by atoms with Gasteiger partial charge in [-0.15, -0.1) is 0 Å². The van der Waals surface area contributed by atoms with Crippen LogP contribution in [0.4, 0.5) is 16.0 Å². The summed E-state index contributed by atoms with van der Waals surface area (Å²) >= 11 is 0. The average Bonchev–Trinajstić information content (AvgIpc) is 2.81. The van der Waals surface area contributed by atoms with Crippen molar-refractivity contribution in [3.63, 3.8) is 0 Å². The Balaban J connectivity index is 1.12. The number of rotatable bonds is 5. The first-order valence-corrected chi connectivity index (χ1v) is 10.6. The molecule has 0 amide bonds. The van der Waals surface area contributed by atoms with Crippen LogP contribution in [0.5, 0.6) is 0 Å². The predicted molar refractivity (Wildman–Crippen MR) is 116 cm³/mol. The zero-order valence-corrected chi connectivity index (χ0v) is 17.2. The number of pyridine rings is 2. The molecule has 0 unspecified atom stereocenters. The molecule has 2 aromatic heterocycles. The summed E-state index contributed by atoms with van der Waals surface area (Å²) in [5.41, 5.74) is 0. The van der Waals surface area contributed by atoms with Crippen molar-refractivity contribution in [1.29, 1.82) is 0 Å². The molecule has 2 fully saturated rings. The Kier molecular flexibility index (Phi) is 7.11. The molecule has 2 aliphatic rings. The third kappa shape index (κ3) is 5.47. The Morgan fingerprint density at radius 1 is 0.900 bits per heavy atom. The van der Waals surface area contributed by atoms with E-state index < -0.39 is 0 Å². The van der Waals surface area contributed by atoms with Gasteiger partial charge in [0.1, 0.15) is 12.4 Å². The zero-order chi connectivity index (χ0) is 20.6. The lowest BCUT2D eigenvalue weighted by Crippen LogP contribution is -2.46. The van der Waals surface area contributed by atoms with Crippen LogP contribution in [0, 0.1) is 17.7 Å². The highest BCUT2D eigenvalue weighted by molar-refractivity contribution is 5.40. The molecular weight excluding hydrogens is 381 g/mol. The van der Waals surface area contributed by atoms with E-state index in [-0.39, 0.29) is 11.9 Å². The van der Waals surface area contributed by atoms with Crippen LogP contribution in [0.3, 0.4) is 0 Å². The number of hydrogen-bond donors (Lipinski definition) is 0. The minimum Gasteiger partial charge on any atom is -0.365 e. The molecule has 2 aliphatic heterocycles. The summed E-state index contributed by atoms with van der Waals surface area (Å²) in [5.74, 6) is 7.62. The van der Waals surface area contributed by atoms with Crippen LogP contribution in [-0.4, -0.2) is 73.4 Å². The molecule has 0 spiro atoms. The van der Waals surface area contributed by atoms with Crippen LogP contribution in [0.15, 0.2) is 42.7 Å². The molecule has 7 heteroatoms. The minimum absolute atomic E-state index is 0.184. The summed E-state index contributed by atoms with van der Waals surface area (Å²) < 4.78 is 19.8. The predicted octanol–water partition coefficient (Wildman–Crippen LogP) is 2.43. The molecule has 0 N–H and O–H groups in total. The summed E-state index contributed by atoms with van der Waals surface area (Å²) in [7, 11) is 0. The normalized spacial score (nSPS) is 18.2. The average molecular weight is 410 g/mol. The number of aromatic nitrogens is 2. The lowest BCUT2D eigenvalue weighted by Gasteiger charge is -2.34. The van der Waals surface area contributed by atoms with Gasteiger partial charge in [0.05, 0.1) is 12.6 Å². The molecule has 4 heterocycles. The zero-order valence-electron chi connectivity index (χ0n) is 17.2. The van der Waals surface area contributed by atoms with E-state index in [1.54, 1.807) is 12.3 Å². The first-order chi connectivity index (χ1) is 14.8. The molecule has 30 heavy (non-hydrogen) atoms. The van der Waals surface area contributed by atoms with Crippen LogP contribution in [0.1, 0.15) is 12.8 Å². The van der Waals surface area contributed by atoms with Crippen LogP contribution >= 0.6 is 0 Å². The van der Waals surface area contributed by atoms with Gasteiger partial charge >= 0.3 is 0 Å². The van der Waals surface area contributed by atoms with Crippen molar-refractivity contribution < 1.29 is 9.13 Å².